The number of aromatic amines is 1. The number of rotatable bonds is 2. The second-order valence-electron chi connectivity index (χ2n) is 3.58. The monoisotopic (exact) mass is 241 g/mol. The first-order valence-electron chi connectivity index (χ1n) is 4.89. The summed E-state index contributed by atoms with van der Waals surface area (Å²) < 4.78 is 2.73. The Kier molecular flexibility index (Phi) is 2.80. The van der Waals surface area contributed by atoms with E-state index in [1.165, 1.54) is 0 Å². The molecule has 0 aliphatic heterocycles. The Morgan fingerprint density at radius 1 is 1.67 bits per heavy atom. The van der Waals surface area contributed by atoms with Crippen LogP contribution in [0.2, 0.25) is 5.02 Å². The van der Waals surface area contributed by atoms with E-state index < -0.39 is 0 Å². The zero-order chi connectivity index (χ0) is 11.0. The zero-order valence-electron chi connectivity index (χ0n) is 8.62. The van der Waals surface area contributed by atoms with Gasteiger partial charge in [0.15, 0.2) is 10.4 Å². The Morgan fingerprint density at radius 2 is 2.40 bits per heavy atom. The lowest BCUT2D eigenvalue weighted by atomic mass is 10.2. The largest absolute Gasteiger partial charge is 0.329 e. The third-order valence-corrected chi connectivity index (χ3v) is 3.06. The van der Waals surface area contributed by atoms with Crippen LogP contribution in [0, 0.1) is 4.77 Å². The van der Waals surface area contributed by atoms with Gasteiger partial charge in [0.05, 0.1) is 10.5 Å². The summed E-state index contributed by atoms with van der Waals surface area (Å²) in [6.07, 6.45) is 2.66. The van der Waals surface area contributed by atoms with Gasteiger partial charge in [0, 0.05) is 12.2 Å². The standard InChI is InChI=1S/C10H12ClN3S/c1-3-6(2)14-9-8(13-10(14)15)4-7(11)5-12-9/h4-6H,3H2,1-2H3,(H,13,15). The first-order valence-corrected chi connectivity index (χ1v) is 5.68. The van der Waals surface area contributed by atoms with Crippen molar-refractivity contribution in [1.82, 2.24) is 14.5 Å². The Morgan fingerprint density at radius 3 is 3.07 bits per heavy atom. The molecule has 1 unspecified atom stereocenters. The lowest BCUT2D eigenvalue weighted by molar-refractivity contribution is 0.535. The van der Waals surface area contributed by atoms with Crippen molar-refractivity contribution >= 4 is 35.0 Å². The van der Waals surface area contributed by atoms with Gasteiger partial charge in [-0.05, 0) is 31.6 Å². The summed E-state index contributed by atoms with van der Waals surface area (Å²) in [6, 6.07) is 2.19. The summed E-state index contributed by atoms with van der Waals surface area (Å²) in [5, 5.41) is 0.620. The fraction of sp³-hybridized carbons (Fsp3) is 0.400. The molecule has 0 aliphatic rings. The minimum atomic E-state index is 0.347. The third kappa shape index (κ3) is 1.79. The van der Waals surface area contributed by atoms with Crippen LogP contribution in [-0.4, -0.2) is 14.5 Å². The van der Waals surface area contributed by atoms with E-state index >= 15 is 0 Å². The quantitative estimate of drug-likeness (QED) is 0.813. The average molecular weight is 242 g/mol. The predicted octanol–water partition coefficient (Wildman–Crippen LogP) is 3.72. The lowest BCUT2D eigenvalue weighted by Crippen LogP contribution is -2.04. The van der Waals surface area contributed by atoms with Crippen molar-refractivity contribution in [2.45, 2.75) is 26.3 Å². The van der Waals surface area contributed by atoms with Crippen LogP contribution < -0.4 is 0 Å². The molecule has 0 bridgehead atoms. The second kappa shape index (κ2) is 3.94. The van der Waals surface area contributed by atoms with Crippen LogP contribution in [0.4, 0.5) is 0 Å². The first-order chi connectivity index (χ1) is 7.13. The van der Waals surface area contributed by atoms with Crippen molar-refractivity contribution in [2.24, 2.45) is 0 Å². The van der Waals surface area contributed by atoms with Crippen molar-refractivity contribution in [2.75, 3.05) is 0 Å². The maximum atomic E-state index is 5.87. The SMILES string of the molecule is CCC(C)n1c(=S)[nH]c2cc(Cl)cnc21. The van der Waals surface area contributed by atoms with Gasteiger partial charge in [-0.3, -0.25) is 4.57 Å². The van der Waals surface area contributed by atoms with E-state index in [1.54, 1.807) is 6.20 Å². The van der Waals surface area contributed by atoms with Gasteiger partial charge < -0.3 is 4.98 Å². The van der Waals surface area contributed by atoms with Gasteiger partial charge in [-0.15, -0.1) is 0 Å². The van der Waals surface area contributed by atoms with E-state index in [4.69, 9.17) is 23.8 Å². The first kappa shape index (κ1) is 10.6. The number of H-pyrrole nitrogens is 1. The van der Waals surface area contributed by atoms with Crippen molar-refractivity contribution < 1.29 is 0 Å². The highest BCUT2D eigenvalue weighted by Crippen LogP contribution is 2.21. The molecule has 0 saturated heterocycles. The molecule has 2 rings (SSSR count). The predicted molar refractivity (Wildman–Crippen MR) is 64.9 cm³/mol. The number of nitrogens with zero attached hydrogens (tertiary/aromatic N) is 2. The summed E-state index contributed by atoms with van der Waals surface area (Å²) in [4.78, 5) is 7.42. The highest BCUT2D eigenvalue weighted by molar-refractivity contribution is 7.71. The van der Waals surface area contributed by atoms with Crippen LogP contribution in [-0.2, 0) is 0 Å². The number of halogens is 1. The van der Waals surface area contributed by atoms with Crippen molar-refractivity contribution in [3.05, 3.63) is 22.1 Å². The van der Waals surface area contributed by atoms with Crippen molar-refractivity contribution in [3.8, 4) is 0 Å². The van der Waals surface area contributed by atoms with Gasteiger partial charge in [-0.25, -0.2) is 4.98 Å². The zero-order valence-corrected chi connectivity index (χ0v) is 10.2. The third-order valence-electron chi connectivity index (χ3n) is 2.55. The molecule has 5 heteroatoms. The van der Waals surface area contributed by atoms with Crippen molar-refractivity contribution in [1.29, 1.82) is 0 Å². The summed E-state index contributed by atoms with van der Waals surface area (Å²) >= 11 is 11.1. The van der Waals surface area contributed by atoms with Crippen LogP contribution in [0.15, 0.2) is 12.3 Å². The maximum Gasteiger partial charge on any atom is 0.179 e. The molecule has 80 valence electrons. The van der Waals surface area contributed by atoms with Gasteiger partial charge in [0.2, 0.25) is 0 Å². The van der Waals surface area contributed by atoms with Crippen LogP contribution in [0.5, 0.6) is 0 Å². The second-order valence-corrected chi connectivity index (χ2v) is 4.41. The molecule has 1 N–H and O–H groups in total. The molecule has 3 nitrogen and oxygen atoms in total. The number of nitrogens with one attached hydrogen (secondary N) is 1. The molecule has 0 amide bonds. The molecule has 0 aromatic carbocycles. The summed E-state index contributed by atoms with van der Waals surface area (Å²) in [5.74, 6) is 0. The fourth-order valence-corrected chi connectivity index (χ4v) is 2.11. The van der Waals surface area contributed by atoms with Crippen LogP contribution in [0.1, 0.15) is 26.3 Å². The smallest absolute Gasteiger partial charge is 0.179 e. The molecule has 0 spiro atoms. The molecule has 2 aromatic heterocycles. The summed E-state index contributed by atoms with van der Waals surface area (Å²) in [5.41, 5.74) is 1.77. The normalized spacial score (nSPS) is 13.3. The van der Waals surface area contributed by atoms with Gasteiger partial charge in [0.1, 0.15) is 0 Å². The number of hydrogen-bond donors (Lipinski definition) is 1. The summed E-state index contributed by atoms with van der Waals surface area (Å²) in [6.45, 7) is 4.25. The van der Waals surface area contributed by atoms with Gasteiger partial charge in [-0.1, -0.05) is 18.5 Å². The van der Waals surface area contributed by atoms with E-state index in [0.29, 0.717) is 15.8 Å². The molecular formula is C10H12ClN3S. The van der Waals surface area contributed by atoms with E-state index in [2.05, 4.69) is 23.8 Å². The molecular weight excluding hydrogens is 230 g/mol. The number of fused-ring (bicyclic) bond motifs is 1. The lowest BCUT2D eigenvalue weighted by Gasteiger charge is -2.10. The topological polar surface area (TPSA) is 33.6 Å². The van der Waals surface area contributed by atoms with E-state index in [1.807, 2.05) is 10.6 Å². The molecule has 0 radical (unpaired) electrons. The van der Waals surface area contributed by atoms with Crippen LogP contribution in [0.25, 0.3) is 11.2 Å². The number of pyridine rings is 1. The van der Waals surface area contributed by atoms with Crippen molar-refractivity contribution in [3.63, 3.8) is 0 Å². The maximum absolute atomic E-state index is 5.87. The molecule has 1 atom stereocenters. The Labute approximate surface area is 98.1 Å². The minimum absolute atomic E-state index is 0.347. The number of hydrogen-bond acceptors (Lipinski definition) is 2. The molecule has 2 heterocycles. The number of imidazole rings is 1. The Hall–Kier alpha value is -0.870. The fourth-order valence-electron chi connectivity index (χ4n) is 1.58. The molecule has 0 aliphatic carbocycles. The minimum Gasteiger partial charge on any atom is -0.329 e. The van der Waals surface area contributed by atoms with Gasteiger partial charge in [-0.2, -0.15) is 0 Å². The van der Waals surface area contributed by atoms with Gasteiger partial charge in [0.25, 0.3) is 0 Å². The Balaban J connectivity index is 2.74. The molecule has 15 heavy (non-hydrogen) atoms. The molecule has 2 aromatic rings. The highest BCUT2D eigenvalue weighted by atomic mass is 35.5. The van der Waals surface area contributed by atoms with E-state index in [0.717, 1.165) is 17.6 Å². The summed E-state index contributed by atoms with van der Waals surface area (Å²) in [7, 11) is 0. The molecule has 0 fully saturated rings. The van der Waals surface area contributed by atoms with E-state index in [-0.39, 0.29) is 0 Å². The van der Waals surface area contributed by atoms with E-state index in [9.17, 15) is 0 Å². The average Bonchev–Trinajstić information content (AvgIpc) is 2.52. The Bertz CT molecular complexity index is 543. The van der Waals surface area contributed by atoms with Gasteiger partial charge >= 0.3 is 0 Å². The highest BCUT2D eigenvalue weighted by Gasteiger charge is 2.10. The molecule has 0 saturated carbocycles. The van der Waals surface area contributed by atoms with Crippen LogP contribution in [0.3, 0.4) is 0 Å². The number of aromatic nitrogens is 3. The van der Waals surface area contributed by atoms with Crippen LogP contribution >= 0.6 is 23.8 Å².